The number of nitrogens with zero attached hydrogens (tertiary/aromatic N) is 1. The van der Waals surface area contributed by atoms with Crippen LogP contribution in [0.25, 0.3) is 11.3 Å². The predicted molar refractivity (Wildman–Crippen MR) is 112 cm³/mol. The summed E-state index contributed by atoms with van der Waals surface area (Å²) in [6, 6.07) is 16.2. The van der Waals surface area contributed by atoms with Gasteiger partial charge in [-0.05, 0) is 18.6 Å². The molecule has 2 aromatic carbocycles. The van der Waals surface area contributed by atoms with E-state index in [1.54, 1.807) is 37.4 Å². The quantitative estimate of drug-likeness (QED) is 0.588. The predicted octanol–water partition coefficient (Wildman–Crippen LogP) is 3.52. The first-order valence-electron chi connectivity index (χ1n) is 9.18. The van der Waals surface area contributed by atoms with Crippen LogP contribution in [0.3, 0.4) is 0 Å². The number of oxazole rings is 1. The van der Waals surface area contributed by atoms with Gasteiger partial charge in [0.2, 0.25) is 15.9 Å². The number of aromatic nitrogens is 1. The summed E-state index contributed by atoms with van der Waals surface area (Å²) in [5.74, 6) is 0.979. The lowest BCUT2D eigenvalue weighted by Gasteiger charge is -2.18. The molecule has 3 rings (SSSR count). The number of amides is 1. The zero-order valence-electron chi connectivity index (χ0n) is 16.3. The summed E-state index contributed by atoms with van der Waals surface area (Å²) in [5.41, 5.74) is 2.07. The number of rotatable bonds is 8. The van der Waals surface area contributed by atoms with Crippen LogP contribution in [-0.4, -0.2) is 25.6 Å². The number of nitrogens with one attached hydrogen (secondary N) is 2. The highest BCUT2D eigenvalue weighted by atomic mass is 32.2. The molecule has 0 unspecified atom stereocenters. The topological polar surface area (TPSA) is 101 Å². The molecule has 8 heteroatoms. The number of benzene rings is 2. The van der Waals surface area contributed by atoms with Gasteiger partial charge >= 0.3 is 0 Å². The Bertz CT molecular complexity index is 1080. The third-order valence-electron chi connectivity index (χ3n) is 4.28. The van der Waals surface area contributed by atoms with Gasteiger partial charge in [-0.15, -0.1) is 0 Å². The van der Waals surface area contributed by atoms with Crippen molar-refractivity contribution in [2.75, 3.05) is 11.0 Å². The normalized spacial score (nSPS) is 12.3. The molecule has 1 atom stereocenters. The van der Waals surface area contributed by atoms with E-state index < -0.39 is 10.0 Å². The van der Waals surface area contributed by atoms with Crippen molar-refractivity contribution >= 4 is 21.6 Å². The Kier molecular flexibility index (Phi) is 6.33. The number of hydrogen-bond donors (Lipinski definition) is 2. The van der Waals surface area contributed by atoms with Gasteiger partial charge in [0, 0.05) is 18.4 Å². The van der Waals surface area contributed by atoms with Gasteiger partial charge in [-0.2, -0.15) is 0 Å². The van der Waals surface area contributed by atoms with Crippen molar-refractivity contribution < 1.29 is 17.6 Å². The Balaban J connectivity index is 1.58. The second-order valence-corrected chi connectivity index (χ2v) is 8.48. The van der Waals surface area contributed by atoms with E-state index in [4.69, 9.17) is 4.42 Å². The standard InChI is InChI=1S/C21H23N3O4S/c1-15(17-10-6-7-11-18(17)24-29(2,26)27)23-20(25)12-13-21-22-14-19(28-21)16-8-4-3-5-9-16/h3-11,14-15,24H,12-13H2,1-2H3,(H,23,25)/t15-/m1/s1. The van der Waals surface area contributed by atoms with Crippen molar-refractivity contribution in [1.82, 2.24) is 10.3 Å². The molecule has 152 valence electrons. The Morgan fingerprint density at radius 2 is 1.79 bits per heavy atom. The molecule has 2 N–H and O–H groups in total. The van der Waals surface area contributed by atoms with Gasteiger partial charge < -0.3 is 9.73 Å². The molecule has 1 heterocycles. The van der Waals surface area contributed by atoms with E-state index in [9.17, 15) is 13.2 Å². The lowest BCUT2D eigenvalue weighted by atomic mass is 10.1. The van der Waals surface area contributed by atoms with Crippen molar-refractivity contribution in [3.8, 4) is 11.3 Å². The minimum absolute atomic E-state index is 0.175. The maximum Gasteiger partial charge on any atom is 0.229 e. The zero-order valence-corrected chi connectivity index (χ0v) is 17.1. The van der Waals surface area contributed by atoms with E-state index in [1.807, 2.05) is 30.3 Å². The lowest BCUT2D eigenvalue weighted by Crippen LogP contribution is -2.27. The Hall–Kier alpha value is -3.13. The minimum atomic E-state index is -3.41. The van der Waals surface area contributed by atoms with Crippen molar-refractivity contribution in [3.05, 3.63) is 72.2 Å². The first-order chi connectivity index (χ1) is 13.8. The average molecular weight is 413 g/mol. The zero-order chi connectivity index (χ0) is 20.9. The summed E-state index contributed by atoms with van der Waals surface area (Å²) in [7, 11) is -3.41. The van der Waals surface area contributed by atoms with Crippen LogP contribution in [0.5, 0.6) is 0 Å². The molecule has 0 saturated heterocycles. The van der Waals surface area contributed by atoms with Gasteiger partial charge in [0.05, 0.1) is 24.2 Å². The molecule has 0 aliphatic heterocycles. The van der Waals surface area contributed by atoms with E-state index in [-0.39, 0.29) is 18.4 Å². The summed E-state index contributed by atoms with van der Waals surface area (Å²) in [4.78, 5) is 16.6. The molecule has 0 fully saturated rings. The molecule has 0 saturated carbocycles. The minimum Gasteiger partial charge on any atom is -0.441 e. The fourth-order valence-electron chi connectivity index (χ4n) is 2.94. The number of para-hydroxylation sites is 1. The van der Waals surface area contributed by atoms with E-state index in [0.29, 0.717) is 29.3 Å². The van der Waals surface area contributed by atoms with Crippen LogP contribution in [0.15, 0.2) is 65.2 Å². The van der Waals surface area contributed by atoms with Gasteiger partial charge in [0.25, 0.3) is 0 Å². The first kappa shape index (κ1) is 20.6. The van der Waals surface area contributed by atoms with Crippen molar-refractivity contribution in [2.24, 2.45) is 0 Å². The third-order valence-corrected chi connectivity index (χ3v) is 4.87. The number of sulfonamides is 1. The van der Waals surface area contributed by atoms with Crippen LogP contribution in [0.1, 0.15) is 30.8 Å². The summed E-state index contributed by atoms with van der Waals surface area (Å²) in [6.45, 7) is 1.80. The van der Waals surface area contributed by atoms with E-state index >= 15 is 0 Å². The molecule has 0 bridgehead atoms. The number of carbonyl (C=O) groups excluding carboxylic acids is 1. The lowest BCUT2D eigenvalue weighted by molar-refractivity contribution is -0.121. The Labute approximate surface area is 170 Å². The maximum atomic E-state index is 12.4. The summed E-state index contributed by atoms with van der Waals surface area (Å²) >= 11 is 0. The molecule has 1 amide bonds. The van der Waals surface area contributed by atoms with Gasteiger partial charge in [-0.25, -0.2) is 13.4 Å². The van der Waals surface area contributed by atoms with E-state index in [1.165, 1.54) is 0 Å². The average Bonchev–Trinajstić information content (AvgIpc) is 3.15. The molecule has 29 heavy (non-hydrogen) atoms. The van der Waals surface area contributed by atoms with Crippen molar-refractivity contribution in [1.29, 1.82) is 0 Å². The molecule has 0 radical (unpaired) electrons. The number of anilines is 1. The Morgan fingerprint density at radius 3 is 2.52 bits per heavy atom. The highest BCUT2D eigenvalue weighted by molar-refractivity contribution is 7.92. The second-order valence-electron chi connectivity index (χ2n) is 6.73. The molecule has 7 nitrogen and oxygen atoms in total. The fourth-order valence-corrected chi connectivity index (χ4v) is 3.53. The largest absolute Gasteiger partial charge is 0.441 e. The SMILES string of the molecule is C[C@@H](NC(=O)CCc1ncc(-c2ccccc2)o1)c1ccccc1NS(C)(=O)=O. The molecular formula is C21H23N3O4S. The molecule has 3 aromatic rings. The van der Waals surface area contributed by atoms with Crippen molar-refractivity contribution in [2.45, 2.75) is 25.8 Å². The molecule has 0 spiro atoms. The summed E-state index contributed by atoms with van der Waals surface area (Å²) < 4.78 is 31.3. The molecule has 0 aliphatic rings. The summed E-state index contributed by atoms with van der Waals surface area (Å²) in [5, 5.41) is 2.89. The summed E-state index contributed by atoms with van der Waals surface area (Å²) in [6.07, 6.45) is 3.32. The number of hydrogen-bond acceptors (Lipinski definition) is 5. The number of aryl methyl sites for hydroxylation is 1. The molecular weight excluding hydrogens is 390 g/mol. The maximum absolute atomic E-state index is 12.4. The van der Waals surface area contributed by atoms with Gasteiger partial charge in [0.1, 0.15) is 0 Å². The van der Waals surface area contributed by atoms with Crippen LogP contribution in [-0.2, 0) is 21.2 Å². The van der Waals surface area contributed by atoms with Crippen molar-refractivity contribution in [3.63, 3.8) is 0 Å². The van der Waals surface area contributed by atoms with Crippen LogP contribution >= 0.6 is 0 Å². The second kappa shape index (κ2) is 8.91. The Morgan fingerprint density at radius 1 is 1.10 bits per heavy atom. The van der Waals surface area contributed by atoms with Crippen LogP contribution in [0, 0.1) is 0 Å². The van der Waals surface area contributed by atoms with Gasteiger partial charge in [-0.3, -0.25) is 9.52 Å². The molecule has 0 aliphatic carbocycles. The number of carbonyl (C=O) groups is 1. The van der Waals surface area contributed by atoms with E-state index in [0.717, 1.165) is 11.8 Å². The third kappa shape index (κ3) is 5.92. The van der Waals surface area contributed by atoms with E-state index in [2.05, 4.69) is 15.0 Å². The molecule has 1 aromatic heterocycles. The monoisotopic (exact) mass is 413 g/mol. The smallest absolute Gasteiger partial charge is 0.229 e. The van der Waals surface area contributed by atoms with Gasteiger partial charge in [-0.1, -0.05) is 48.5 Å². The highest BCUT2D eigenvalue weighted by Crippen LogP contribution is 2.24. The fraction of sp³-hybridized carbons (Fsp3) is 0.238. The highest BCUT2D eigenvalue weighted by Gasteiger charge is 2.16. The van der Waals surface area contributed by atoms with Crippen LogP contribution in [0.2, 0.25) is 0 Å². The first-order valence-corrected chi connectivity index (χ1v) is 11.1. The van der Waals surface area contributed by atoms with Crippen LogP contribution < -0.4 is 10.0 Å². The van der Waals surface area contributed by atoms with Gasteiger partial charge in [0.15, 0.2) is 11.7 Å². The van der Waals surface area contributed by atoms with Crippen LogP contribution in [0.4, 0.5) is 5.69 Å².